The highest BCUT2D eigenvalue weighted by molar-refractivity contribution is 5.42. The van der Waals surface area contributed by atoms with E-state index in [4.69, 9.17) is 5.11 Å². The van der Waals surface area contributed by atoms with Crippen LogP contribution in [0.5, 0.6) is 5.88 Å². The zero-order chi connectivity index (χ0) is 7.14. The first-order valence-electron chi connectivity index (χ1n) is 2.79. The average molecular weight is 135 g/mol. The van der Waals surface area contributed by atoms with E-state index in [0.717, 1.165) is 5.22 Å². The number of aromatic nitrogens is 3. The summed E-state index contributed by atoms with van der Waals surface area (Å²) in [7, 11) is 0. The van der Waals surface area contributed by atoms with Gasteiger partial charge in [-0.2, -0.15) is 9.61 Å². The van der Waals surface area contributed by atoms with Crippen LogP contribution in [0.3, 0.4) is 0 Å². The van der Waals surface area contributed by atoms with Crippen LogP contribution in [0.2, 0.25) is 0 Å². The van der Waals surface area contributed by atoms with Crippen molar-refractivity contribution in [1.29, 1.82) is 0 Å². The Morgan fingerprint density at radius 3 is 3.00 bits per heavy atom. The summed E-state index contributed by atoms with van der Waals surface area (Å²) in [5.74, 6) is 0.0462. The van der Waals surface area contributed by atoms with E-state index in [2.05, 4.69) is 16.7 Å². The molecule has 0 bridgehead atoms. The van der Waals surface area contributed by atoms with Gasteiger partial charge in [0.05, 0.1) is 12.4 Å². The highest BCUT2D eigenvalue weighted by atomic mass is 16.3. The van der Waals surface area contributed by atoms with Crippen LogP contribution in [0.25, 0.3) is 12.2 Å². The average Bonchev–Trinajstić information content (AvgIpc) is 2.41. The van der Waals surface area contributed by atoms with Crippen LogP contribution < -0.4 is 5.22 Å². The van der Waals surface area contributed by atoms with Crippen molar-refractivity contribution in [1.82, 2.24) is 14.6 Å². The molecule has 0 aliphatic carbocycles. The Balaban J connectivity index is 3.09. The molecule has 2 rings (SSSR count). The molecular weight excluding hydrogens is 130 g/mol. The number of nitrogens with zero attached hydrogens (tertiary/aromatic N) is 3. The van der Waals surface area contributed by atoms with Crippen molar-refractivity contribution in [2.24, 2.45) is 0 Å². The minimum atomic E-state index is 0.0462. The fraction of sp³-hybridized carbons (Fsp3) is 0. The van der Waals surface area contributed by atoms with Crippen molar-refractivity contribution in [3.8, 4) is 5.88 Å². The van der Waals surface area contributed by atoms with Gasteiger partial charge in [-0.1, -0.05) is 6.58 Å². The number of hydrogen-bond donors (Lipinski definition) is 1. The van der Waals surface area contributed by atoms with E-state index < -0.39 is 0 Å². The molecule has 0 aromatic carbocycles. The first kappa shape index (κ1) is 5.22. The van der Waals surface area contributed by atoms with E-state index in [1.54, 1.807) is 6.20 Å². The Hall–Kier alpha value is -1.58. The SMILES string of the molecule is C=c1cnn2c(O)cnc12. The zero-order valence-corrected chi connectivity index (χ0v) is 5.15. The van der Waals surface area contributed by atoms with Crippen LogP contribution in [0, 0.1) is 0 Å². The van der Waals surface area contributed by atoms with Crippen molar-refractivity contribution < 1.29 is 5.11 Å². The Bertz CT molecular complexity index is 406. The number of hydrogen-bond acceptors (Lipinski definition) is 3. The van der Waals surface area contributed by atoms with Crippen LogP contribution in [0.1, 0.15) is 0 Å². The summed E-state index contributed by atoms with van der Waals surface area (Å²) in [6.45, 7) is 3.67. The van der Waals surface area contributed by atoms with Gasteiger partial charge in [0.15, 0.2) is 5.65 Å². The Morgan fingerprint density at radius 2 is 2.30 bits per heavy atom. The van der Waals surface area contributed by atoms with Crippen LogP contribution in [-0.4, -0.2) is 19.7 Å². The van der Waals surface area contributed by atoms with Gasteiger partial charge in [0.25, 0.3) is 0 Å². The Kier molecular flexibility index (Phi) is 0.768. The van der Waals surface area contributed by atoms with E-state index >= 15 is 0 Å². The number of imidazole rings is 1. The lowest BCUT2D eigenvalue weighted by atomic mass is 10.5. The molecule has 0 saturated heterocycles. The third-order valence-corrected chi connectivity index (χ3v) is 1.34. The molecule has 0 saturated carbocycles. The van der Waals surface area contributed by atoms with Gasteiger partial charge in [-0.15, -0.1) is 0 Å². The van der Waals surface area contributed by atoms with E-state index in [-0.39, 0.29) is 5.88 Å². The minimum Gasteiger partial charge on any atom is -0.492 e. The maximum atomic E-state index is 9.03. The normalized spacial score (nSPS) is 10.8. The molecular formula is C6H5N3O. The lowest BCUT2D eigenvalue weighted by Crippen LogP contribution is -1.91. The molecule has 0 aliphatic heterocycles. The first-order valence-corrected chi connectivity index (χ1v) is 2.79. The molecule has 2 aromatic heterocycles. The maximum absolute atomic E-state index is 9.03. The predicted molar refractivity (Wildman–Crippen MR) is 35.4 cm³/mol. The van der Waals surface area contributed by atoms with Gasteiger partial charge in [0.2, 0.25) is 5.88 Å². The van der Waals surface area contributed by atoms with Crippen molar-refractivity contribution in [3.05, 3.63) is 17.6 Å². The summed E-state index contributed by atoms with van der Waals surface area (Å²) in [6.07, 6.45) is 2.90. The van der Waals surface area contributed by atoms with Crippen molar-refractivity contribution in [2.45, 2.75) is 0 Å². The van der Waals surface area contributed by atoms with Crippen molar-refractivity contribution in [3.63, 3.8) is 0 Å². The van der Waals surface area contributed by atoms with Gasteiger partial charge in [-0.3, -0.25) is 0 Å². The highest BCUT2D eigenvalue weighted by Gasteiger charge is 2.01. The highest BCUT2D eigenvalue weighted by Crippen LogP contribution is 2.05. The third kappa shape index (κ3) is 0.452. The monoisotopic (exact) mass is 135 g/mol. The molecule has 0 fully saturated rings. The van der Waals surface area contributed by atoms with Gasteiger partial charge >= 0.3 is 0 Å². The zero-order valence-electron chi connectivity index (χ0n) is 5.15. The number of rotatable bonds is 0. The lowest BCUT2D eigenvalue weighted by Gasteiger charge is -1.80. The molecule has 0 aliphatic rings. The minimum absolute atomic E-state index is 0.0462. The lowest BCUT2D eigenvalue weighted by molar-refractivity contribution is 0.440. The fourth-order valence-corrected chi connectivity index (χ4v) is 0.855. The number of aromatic hydroxyl groups is 1. The second-order valence-corrected chi connectivity index (χ2v) is 2.02. The largest absolute Gasteiger partial charge is 0.492 e. The molecule has 0 spiro atoms. The van der Waals surface area contributed by atoms with E-state index in [1.165, 1.54) is 10.7 Å². The molecule has 4 nitrogen and oxygen atoms in total. The molecule has 2 aromatic rings. The van der Waals surface area contributed by atoms with Crippen molar-refractivity contribution >= 4 is 12.2 Å². The first-order chi connectivity index (χ1) is 4.79. The molecule has 4 heteroatoms. The predicted octanol–water partition coefficient (Wildman–Crippen LogP) is -0.436. The maximum Gasteiger partial charge on any atom is 0.233 e. The van der Waals surface area contributed by atoms with Gasteiger partial charge in [-0.05, 0) is 0 Å². The van der Waals surface area contributed by atoms with Crippen LogP contribution in [0.4, 0.5) is 0 Å². The summed E-state index contributed by atoms with van der Waals surface area (Å²) in [5.41, 5.74) is 0.609. The third-order valence-electron chi connectivity index (χ3n) is 1.34. The smallest absolute Gasteiger partial charge is 0.233 e. The molecule has 1 N–H and O–H groups in total. The summed E-state index contributed by atoms with van der Waals surface area (Å²) in [6, 6.07) is 0. The summed E-state index contributed by atoms with van der Waals surface area (Å²) >= 11 is 0. The Labute approximate surface area is 56.4 Å². The Morgan fingerprint density at radius 1 is 1.50 bits per heavy atom. The molecule has 0 amide bonds. The van der Waals surface area contributed by atoms with E-state index in [1.807, 2.05) is 0 Å². The standard InChI is InChI=1S/C6H5N3O/c1-4-2-8-9-5(10)3-7-6(4)9/h2-3,10H,1H2. The number of fused-ring (bicyclic) bond motifs is 1. The quantitative estimate of drug-likeness (QED) is 0.533. The molecule has 0 radical (unpaired) electrons. The topological polar surface area (TPSA) is 50.4 Å². The molecule has 10 heavy (non-hydrogen) atoms. The second kappa shape index (κ2) is 1.47. The summed E-state index contributed by atoms with van der Waals surface area (Å²) < 4.78 is 1.34. The molecule has 2 heterocycles. The van der Waals surface area contributed by atoms with Crippen LogP contribution >= 0.6 is 0 Å². The van der Waals surface area contributed by atoms with Crippen molar-refractivity contribution in [2.75, 3.05) is 0 Å². The molecule has 50 valence electrons. The summed E-state index contributed by atoms with van der Waals surface area (Å²) in [4.78, 5) is 3.87. The second-order valence-electron chi connectivity index (χ2n) is 2.02. The van der Waals surface area contributed by atoms with Gasteiger partial charge in [0.1, 0.15) is 0 Å². The molecule has 0 atom stereocenters. The van der Waals surface area contributed by atoms with Gasteiger partial charge < -0.3 is 5.11 Å². The van der Waals surface area contributed by atoms with E-state index in [9.17, 15) is 0 Å². The molecule has 0 unspecified atom stereocenters. The van der Waals surface area contributed by atoms with E-state index in [0.29, 0.717) is 5.65 Å². The summed E-state index contributed by atoms with van der Waals surface area (Å²) in [5, 5.41) is 13.6. The van der Waals surface area contributed by atoms with Crippen LogP contribution in [-0.2, 0) is 0 Å². The van der Waals surface area contributed by atoms with Crippen LogP contribution in [0.15, 0.2) is 12.4 Å². The fourth-order valence-electron chi connectivity index (χ4n) is 0.855. The van der Waals surface area contributed by atoms with Gasteiger partial charge in [-0.25, -0.2) is 4.98 Å². The van der Waals surface area contributed by atoms with Gasteiger partial charge in [0, 0.05) is 5.22 Å².